The molecule has 1 N–H and O–H groups in total. The second-order valence-electron chi connectivity index (χ2n) is 3.68. The van der Waals surface area contributed by atoms with E-state index < -0.39 is 17.8 Å². The quantitative estimate of drug-likeness (QED) is 0.934. The van der Waals surface area contributed by atoms with Crippen LogP contribution in [0, 0.1) is 11.3 Å². The van der Waals surface area contributed by atoms with Gasteiger partial charge < -0.3 is 9.52 Å². The fourth-order valence-corrected chi connectivity index (χ4v) is 2.17. The Kier molecular flexibility index (Phi) is 3.90. The van der Waals surface area contributed by atoms with Crippen molar-refractivity contribution in [2.45, 2.75) is 16.3 Å². The highest BCUT2D eigenvalue weighted by Gasteiger charge is 2.33. The predicted molar refractivity (Wildman–Crippen MR) is 63.7 cm³/mol. The highest BCUT2D eigenvalue weighted by atomic mass is 32.2. The second kappa shape index (κ2) is 5.49. The first-order chi connectivity index (χ1) is 9.81. The Morgan fingerprint density at radius 1 is 1.33 bits per heavy atom. The van der Waals surface area contributed by atoms with Gasteiger partial charge in [0.05, 0.1) is 5.56 Å². The molecule has 0 aromatic carbocycles. The fourth-order valence-electron chi connectivity index (χ4n) is 1.35. The zero-order chi connectivity index (χ0) is 15.6. The van der Waals surface area contributed by atoms with Crippen LogP contribution < -0.4 is 0 Å². The Balaban J connectivity index is 2.37. The predicted octanol–water partition coefficient (Wildman–Crippen LogP) is 3.41. The van der Waals surface area contributed by atoms with Crippen LogP contribution in [0.25, 0.3) is 0 Å². The highest BCUT2D eigenvalue weighted by molar-refractivity contribution is 7.99. The number of carboxylic acid groups (broad SMARTS) is 1. The first kappa shape index (κ1) is 14.9. The van der Waals surface area contributed by atoms with E-state index >= 15 is 0 Å². The Bertz CT molecular complexity index is 734. The molecule has 0 radical (unpaired) electrons. The van der Waals surface area contributed by atoms with Crippen LogP contribution in [-0.4, -0.2) is 16.1 Å². The lowest BCUT2D eigenvalue weighted by Crippen LogP contribution is -2.08. The summed E-state index contributed by atoms with van der Waals surface area (Å²) in [5.41, 5.74) is -1.21. The molecule has 0 saturated carbocycles. The molecule has 0 saturated heterocycles. The van der Waals surface area contributed by atoms with Gasteiger partial charge in [0, 0.05) is 0 Å². The highest BCUT2D eigenvalue weighted by Crippen LogP contribution is 2.34. The minimum atomic E-state index is -4.64. The van der Waals surface area contributed by atoms with Gasteiger partial charge in [-0.1, -0.05) is 0 Å². The number of furan rings is 1. The van der Waals surface area contributed by atoms with Crippen molar-refractivity contribution in [1.82, 2.24) is 4.98 Å². The van der Waals surface area contributed by atoms with Crippen molar-refractivity contribution >= 4 is 17.7 Å². The molecule has 0 aliphatic rings. The van der Waals surface area contributed by atoms with E-state index in [9.17, 15) is 18.0 Å². The third kappa shape index (κ3) is 3.35. The number of carbonyl (C=O) groups is 1. The van der Waals surface area contributed by atoms with Gasteiger partial charge in [0.1, 0.15) is 16.8 Å². The number of nitriles is 1. The maximum Gasteiger partial charge on any atom is 0.433 e. The molecule has 0 amide bonds. The minimum Gasteiger partial charge on any atom is -0.475 e. The third-order valence-electron chi connectivity index (χ3n) is 2.26. The Labute approximate surface area is 120 Å². The normalized spacial score (nSPS) is 11.1. The number of carboxylic acids is 1. The number of alkyl halides is 3. The number of nitrogens with zero attached hydrogens (tertiary/aromatic N) is 2. The summed E-state index contributed by atoms with van der Waals surface area (Å²) in [7, 11) is 0. The van der Waals surface area contributed by atoms with Crippen molar-refractivity contribution in [1.29, 1.82) is 5.26 Å². The maximum atomic E-state index is 12.6. The van der Waals surface area contributed by atoms with Gasteiger partial charge in [0.2, 0.25) is 5.76 Å². The molecule has 108 valence electrons. The standard InChI is InChI=1S/C12H5F3N2O3S/c13-12(14,15)8-3-1-6(5-16)10(17-8)21-9-4-2-7(20-9)11(18)19/h1-4H,(H,18,19). The van der Waals surface area contributed by atoms with E-state index in [2.05, 4.69) is 4.98 Å². The van der Waals surface area contributed by atoms with Crippen LogP contribution in [-0.2, 0) is 6.18 Å². The molecule has 0 unspecified atom stereocenters. The average molecular weight is 314 g/mol. The number of rotatable bonds is 3. The van der Waals surface area contributed by atoms with Gasteiger partial charge in [0.25, 0.3) is 0 Å². The lowest BCUT2D eigenvalue weighted by molar-refractivity contribution is -0.141. The van der Waals surface area contributed by atoms with E-state index in [1.54, 1.807) is 6.07 Å². The molecule has 9 heteroatoms. The Hall–Kier alpha value is -2.47. The first-order valence-corrected chi connectivity index (χ1v) is 6.12. The van der Waals surface area contributed by atoms with Crippen molar-refractivity contribution in [3.8, 4) is 6.07 Å². The molecule has 2 aromatic rings. The number of aromatic nitrogens is 1. The fraction of sp³-hybridized carbons (Fsp3) is 0.0833. The van der Waals surface area contributed by atoms with Crippen LogP contribution in [0.4, 0.5) is 13.2 Å². The first-order valence-electron chi connectivity index (χ1n) is 5.30. The van der Waals surface area contributed by atoms with Crippen LogP contribution in [0.15, 0.2) is 38.8 Å². The second-order valence-corrected chi connectivity index (χ2v) is 4.68. The number of hydrogen-bond donors (Lipinski definition) is 1. The van der Waals surface area contributed by atoms with Gasteiger partial charge in [-0.3, -0.25) is 0 Å². The van der Waals surface area contributed by atoms with E-state index in [4.69, 9.17) is 14.8 Å². The maximum absolute atomic E-state index is 12.6. The molecule has 0 aliphatic heterocycles. The largest absolute Gasteiger partial charge is 0.475 e. The molecule has 2 heterocycles. The summed E-state index contributed by atoms with van der Waals surface area (Å²) >= 11 is 0.644. The van der Waals surface area contributed by atoms with Crippen LogP contribution in [0.1, 0.15) is 21.8 Å². The monoisotopic (exact) mass is 314 g/mol. The van der Waals surface area contributed by atoms with E-state index in [1.165, 1.54) is 6.07 Å². The molecule has 0 spiro atoms. The lowest BCUT2D eigenvalue weighted by Gasteiger charge is -2.07. The van der Waals surface area contributed by atoms with E-state index in [0.717, 1.165) is 12.1 Å². The summed E-state index contributed by atoms with van der Waals surface area (Å²) in [5.74, 6) is -1.66. The SMILES string of the molecule is N#Cc1ccc(C(F)(F)F)nc1Sc1ccc(C(=O)O)o1. The number of halogens is 3. The molecule has 2 aromatic heterocycles. The van der Waals surface area contributed by atoms with E-state index in [-0.39, 0.29) is 21.4 Å². The third-order valence-corrected chi connectivity index (χ3v) is 3.19. The van der Waals surface area contributed by atoms with Gasteiger partial charge in [0.15, 0.2) is 5.09 Å². The van der Waals surface area contributed by atoms with Crippen molar-refractivity contribution < 1.29 is 27.5 Å². The number of hydrogen-bond acceptors (Lipinski definition) is 5. The Morgan fingerprint density at radius 3 is 2.57 bits per heavy atom. The van der Waals surface area contributed by atoms with Crippen LogP contribution >= 0.6 is 11.8 Å². The molecule has 5 nitrogen and oxygen atoms in total. The van der Waals surface area contributed by atoms with Crippen LogP contribution in [0.5, 0.6) is 0 Å². The zero-order valence-electron chi connectivity index (χ0n) is 10.0. The molecule has 0 atom stereocenters. The molecule has 21 heavy (non-hydrogen) atoms. The van der Waals surface area contributed by atoms with Crippen molar-refractivity contribution in [3.05, 3.63) is 41.3 Å². The molecule has 0 fully saturated rings. The van der Waals surface area contributed by atoms with Crippen molar-refractivity contribution in [2.75, 3.05) is 0 Å². The molecular weight excluding hydrogens is 309 g/mol. The molecule has 0 bridgehead atoms. The van der Waals surface area contributed by atoms with Gasteiger partial charge >= 0.3 is 12.1 Å². The number of aromatic carboxylic acids is 1. The van der Waals surface area contributed by atoms with E-state index in [1.807, 2.05) is 0 Å². The summed E-state index contributed by atoms with van der Waals surface area (Å²) in [6.45, 7) is 0. The van der Waals surface area contributed by atoms with Gasteiger partial charge in [-0.2, -0.15) is 18.4 Å². The average Bonchev–Trinajstić information content (AvgIpc) is 2.86. The summed E-state index contributed by atoms with van der Waals surface area (Å²) in [6, 6.07) is 5.85. The van der Waals surface area contributed by atoms with Crippen LogP contribution in [0.2, 0.25) is 0 Å². The summed E-state index contributed by atoms with van der Waals surface area (Å²) < 4.78 is 42.7. The smallest absolute Gasteiger partial charge is 0.433 e. The van der Waals surface area contributed by atoms with Crippen LogP contribution in [0.3, 0.4) is 0 Å². The summed E-state index contributed by atoms with van der Waals surface area (Å²) in [5, 5.41) is 17.4. The number of pyridine rings is 1. The van der Waals surface area contributed by atoms with Gasteiger partial charge in [-0.15, -0.1) is 0 Å². The summed E-state index contributed by atoms with van der Waals surface area (Å²) in [4.78, 5) is 14.0. The minimum absolute atomic E-state index is 0.0238. The van der Waals surface area contributed by atoms with Gasteiger partial charge in [-0.25, -0.2) is 9.78 Å². The van der Waals surface area contributed by atoms with Gasteiger partial charge in [-0.05, 0) is 36.0 Å². The van der Waals surface area contributed by atoms with E-state index in [0.29, 0.717) is 17.8 Å². The van der Waals surface area contributed by atoms with Crippen molar-refractivity contribution in [3.63, 3.8) is 0 Å². The Morgan fingerprint density at radius 2 is 2.05 bits per heavy atom. The van der Waals surface area contributed by atoms with Crippen molar-refractivity contribution in [2.24, 2.45) is 0 Å². The zero-order valence-corrected chi connectivity index (χ0v) is 10.8. The topological polar surface area (TPSA) is 87.1 Å². The lowest BCUT2D eigenvalue weighted by atomic mass is 10.2. The molecular formula is C12H5F3N2O3S. The summed E-state index contributed by atoms with van der Waals surface area (Å²) in [6.07, 6.45) is -4.64. The molecule has 0 aliphatic carbocycles. The molecule has 2 rings (SSSR count).